The molecule has 1 aliphatic heterocycles. The van der Waals surface area contributed by atoms with E-state index in [4.69, 9.17) is 0 Å². The number of halogens is 2. The van der Waals surface area contributed by atoms with Gasteiger partial charge in [0, 0.05) is 0 Å². The Morgan fingerprint density at radius 2 is 0.843 bits per heavy atom. The quantitative estimate of drug-likeness (QED) is 0.168. The molecule has 4 atom stereocenters. The molecule has 1 saturated carbocycles. The number of allylic oxidation sites excluding steroid dienone is 2. The van der Waals surface area contributed by atoms with Crippen molar-refractivity contribution in [3.05, 3.63) is 129 Å². The monoisotopic (exact) mass is 792 g/mol. The van der Waals surface area contributed by atoms with Crippen molar-refractivity contribution in [1.29, 1.82) is 0 Å². The zero-order valence-electron chi connectivity index (χ0n) is 31.9. The Kier molecular flexibility index (Phi) is 11.3. The van der Waals surface area contributed by atoms with E-state index in [0.717, 1.165) is 7.25 Å². The van der Waals surface area contributed by atoms with Gasteiger partial charge < -0.3 is 24.8 Å². The topological polar surface area (TPSA) is 0 Å². The first-order chi connectivity index (χ1) is 23.6. The standard InChI is InChI=1S/2C21H23.C6H10.2ClH.Zr/c2*1-14(2)16-8-10-17(11-9-16)20-7-5-6-18-12-19(15(3)4)13-21(18)20;1-2-4-6-5-3-1;;;/h2*5-15H,1-4H3;1-2H,3-6H2;2*1H;/q;;;;;+2/p-2. The summed E-state index contributed by atoms with van der Waals surface area (Å²) in [6, 6.07) is 33.8. The van der Waals surface area contributed by atoms with Gasteiger partial charge >= 0.3 is 303 Å². The molecule has 1 heterocycles. The first kappa shape index (κ1) is 38.5. The number of fused-ring (bicyclic) bond motifs is 3. The second-order valence-electron chi connectivity index (χ2n) is 17.1. The van der Waals surface area contributed by atoms with Gasteiger partial charge in [-0.05, 0) is 0 Å². The molecule has 0 spiro atoms. The molecule has 3 heteroatoms. The van der Waals surface area contributed by atoms with Crippen molar-refractivity contribution in [2.24, 2.45) is 11.8 Å². The largest absolute Gasteiger partial charge is 1.00 e. The Labute approximate surface area is 325 Å². The Morgan fingerprint density at radius 1 is 0.471 bits per heavy atom. The predicted octanol–water partition coefficient (Wildman–Crippen LogP) is 8.48. The predicted molar refractivity (Wildman–Crippen MR) is 209 cm³/mol. The number of rotatable bonds is 8. The van der Waals surface area contributed by atoms with Gasteiger partial charge in [0.1, 0.15) is 0 Å². The van der Waals surface area contributed by atoms with E-state index in [0.29, 0.717) is 30.9 Å². The summed E-state index contributed by atoms with van der Waals surface area (Å²) in [5, 5.41) is 0. The van der Waals surface area contributed by atoms with E-state index in [1.54, 1.807) is 33.4 Å². The van der Waals surface area contributed by atoms with E-state index >= 15 is 0 Å². The summed E-state index contributed by atoms with van der Waals surface area (Å²) in [5.74, 6) is 2.22. The van der Waals surface area contributed by atoms with E-state index in [9.17, 15) is 0 Å². The van der Waals surface area contributed by atoms with Crippen molar-refractivity contribution in [1.82, 2.24) is 0 Å². The Bertz CT molecular complexity index is 1800. The normalized spacial score (nSPS) is 23.2. The van der Waals surface area contributed by atoms with E-state index in [2.05, 4.69) is 152 Å². The number of hydrogen-bond acceptors (Lipinski definition) is 0. The van der Waals surface area contributed by atoms with Crippen molar-refractivity contribution >= 4 is 12.2 Å². The summed E-state index contributed by atoms with van der Waals surface area (Å²) in [4.78, 5) is 0. The summed E-state index contributed by atoms with van der Waals surface area (Å²) < 4.78 is 3.31. The van der Waals surface area contributed by atoms with E-state index < -0.39 is 20.3 Å². The Hall–Kier alpha value is -2.18. The van der Waals surface area contributed by atoms with Crippen molar-refractivity contribution in [3.8, 4) is 22.3 Å². The molecule has 0 bridgehead atoms. The van der Waals surface area contributed by atoms with Gasteiger partial charge in [0.25, 0.3) is 0 Å². The minimum Gasteiger partial charge on any atom is -1.00 e. The molecule has 8 rings (SSSR count). The van der Waals surface area contributed by atoms with Crippen LogP contribution in [0.3, 0.4) is 0 Å². The second kappa shape index (κ2) is 14.9. The van der Waals surface area contributed by atoms with Gasteiger partial charge in [0.2, 0.25) is 0 Å². The zero-order chi connectivity index (χ0) is 34.2. The maximum Gasteiger partial charge on any atom is -1.00 e. The van der Waals surface area contributed by atoms with E-state index in [1.807, 2.05) is 0 Å². The maximum atomic E-state index is 2.71. The van der Waals surface area contributed by atoms with Crippen LogP contribution in [0.25, 0.3) is 34.4 Å². The molecule has 4 aromatic carbocycles. The van der Waals surface area contributed by atoms with Gasteiger partial charge in [-0.3, -0.25) is 0 Å². The molecular weight excluding hydrogens is 739 g/mol. The summed E-state index contributed by atoms with van der Waals surface area (Å²) in [5.41, 5.74) is 18.5. The van der Waals surface area contributed by atoms with Crippen molar-refractivity contribution in [2.75, 3.05) is 0 Å². The van der Waals surface area contributed by atoms with Gasteiger partial charge in [-0.15, -0.1) is 0 Å². The van der Waals surface area contributed by atoms with Crippen molar-refractivity contribution < 1.29 is 45.1 Å². The van der Waals surface area contributed by atoms with Crippen LogP contribution >= 0.6 is 0 Å². The fraction of sp³-hybridized carbons (Fsp3) is 0.417. The molecule has 0 radical (unpaired) electrons. The Balaban J connectivity index is 0.00000224. The fourth-order valence-corrected chi connectivity index (χ4v) is 34.6. The third kappa shape index (κ3) is 6.24. The summed E-state index contributed by atoms with van der Waals surface area (Å²) >= 11 is -3.09. The van der Waals surface area contributed by atoms with Gasteiger partial charge in [-0.2, -0.15) is 0 Å². The zero-order valence-corrected chi connectivity index (χ0v) is 35.9. The minimum absolute atomic E-state index is 0. The molecule has 1 saturated heterocycles. The molecular formula is C48H56Cl2Zr. The van der Waals surface area contributed by atoms with Crippen LogP contribution in [0.4, 0.5) is 0 Å². The van der Waals surface area contributed by atoms with Crippen LogP contribution < -0.4 is 24.8 Å². The van der Waals surface area contributed by atoms with E-state index in [-0.39, 0.29) is 24.8 Å². The van der Waals surface area contributed by atoms with Crippen molar-refractivity contribution in [3.63, 3.8) is 0 Å². The van der Waals surface area contributed by atoms with Crippen LogP contribution in [0.1, 0.15) is 134 Å². The number of hydrogen-bond donors (Lipinski definition) is 0. The van der Waals surface area contributed by atoms with Crippen molar-refractivity contribution in [2.45, 2.75) is 107 Å². The molecule has 4 aromatic rings. The smallest absolute Gasteiger partial charge is 1.00 e. The first-order valence-electron chi connectivity index (χ1n) is 19.5. The molecule has 0 N–H and O–H groups in total. The molecule has 3 aliphatic carbocycles. The van der Waals surface area contributed by atoms with Gasteiger partial charge in [-0.25, -0.2) is 0 Å². The third-order valence-electron chi connectivity index (χ3n) is 13.2. The van der Waals surface area contributed by atoms with Crippen LogP contribution in [-0.2, 0) is 20.3 Å². The average Bonchev–Trinajstić information content (AvgIpc) is 3.37. The van der Waals surface area contributed by atoms with Crippen LogP contribution in [0.2, 0.25) is 7.25 Å². The first-order valence-corrected chi connectivity index (χ1v) is 25.2. The minimum atomic E-state index is -3.09. The number of benzene rings is 4. The molecule has 0 nitrogen and oxygen atoms in total. The van der Waals surface area contributed by atoms with E-state index in [1.165, 1.54) is 59.1 Å². The molecule has 51 heavy (non-hydrogen) atoms. The maximum absolute atomic E-state index is 3.09. The summed E-state index contributed by atoms with van der Waals surface area (Å²) in [6.07, 6.45) is 11.2. The van der Waals surface area contributed by atoms with Gasteiger partial charge in [0.15, 0.2) is 0 Å². The van der Waals surface area contributed by atoms with Crippen LogP contribution in [-0.4, -0.2) is 0 Å². The van der Waals surface area contributed by atoms with Gasteiger partial charge in [0.05, 0.1) is 0 Å². The molecule has 266 valence electrons. The average molecular weight is 795 g/mol. The third-order valence-corrected chi connectivity index (χ3v) is 30.1. The molecule has 4 unspecified atom stereocenters. The summed E-state index contributed by atoms with van der Waals surface area (Å²) in [7, 11) is 0. The molecule has 0 amide bonds. The molecule has 4 aliphatic rings. The second-order valence-corrected chi connectivity index (χ2v) is 28.5. The van der Waals surface area contributed by atoms with Crippen LogP contribution in [0.15, 0.2) is 96.1 Å². The molecule has 0 aromatic heterocycles. The fourth-order valence-electron chi connectivity index (χ4n) is 10.8. The SMILES string of the molecule is CC(C)C1=Cc2c(-c3ccc(C(C)C)cc3)cccc2[CH]1[Zr+2]1([CH]2C(C(C)C)=Cc3c(-c4ccc(C(C)C)cc4)cccc32)[CH]2CCCC[CH]21.[Cl-].[Cl-]. The Morgan fingerprint density at radius 3 is 1.18 bits per heavy atom. The molecule has 2 fully saturated rings. The van der Waals surface area contributed by atoms with Crippen LogP contribution in [0.5, 0.6) is 0 Å². The van der Waals surface area contributed by atoms with Gasteiger partial charge in [-0.1, -0.05) is 0 Å². The van der Waals surface area contributed by atoms with Crippen LogP contribution in [0, 0.1) is 11.8 Å². The summed E-state index contributed by atoms with van der Waals surface area (Å²) in [6.45, 7) is 19.2.